The maximum Gasteiger partial charge on any atom is 0.310 e. The minimum Gasteiger partial charge on any atom is -0.481 e. The maximum absolute atomic E-state index is 12.3. The molecule has 1 unspecified atom stereocenters. The molecule has 1 fully saturated rings. The van der Waals surface area contributed by atoms with Crippen LogP contribution < -0.4 is 0 Å². The normalized spacial score (nSPS) is 19.4. The van der Waals surface area contributed by atoms with Crippen LogP contribution in [-0.4, -0.2) is 35.0 Å². The van der Waals surface area contributed by atoms with E-state index in [0.717, 1.165) is 19.3 Å². The lowest BCUT2D eigenvalue weighted by Gasteiger charge is -2.30. The number of hydrogen-bond donors (Lipinski definition) is 1. The zero-order valence-corrected chi connectivity index (χ0v) is 12.6. The number of carbonyl (C=O) groups excluding carboxylic acids is 1. The van der Waals surface area contributed by atoms with E-state index in [9.17, 15) is 14.7 Å². The summed E-state index contributed by atoms with van der Waals surface area (Å²) in [5.41, 5.74) is -0.803. The largest absolute Gasteiger partial charge is 0.481 e. The van der Waals surface area contributed by atoms with Gasteiger partial charge in [0.05, 0.1) is 5.41 Å². The van der Waals surface area contributed by atoms with Crippen molar-refractivity contribution >= 4 is 11.9 Å². The number of carboxylic acid groups (broad SMARTS) is 1. The molecular weight excluding hydrogens is 242 g/mol. The monoisotopic (exact) mass is 269 g/mol. The fourth-order valence-electron chi connectivity index (χ4n) is 3.02. The van der Waals surface area contributed by atoms with Gasteiger partial charge < -0.3 is 10.0 Å². The van der Waals surface area contributed by atoms with Gasteiger partial charge in [-0.1, -0.05) is 26.7 Å². The molecule has 19 heavy (non-hydrogen) atoms. The second-order valence-electron chi connectivity index (χ2n) is 6.45. The second-order valence-corrected chi connectivity index (χ2v) is 6.45. The molecule has 1 atom stereocenters. The van der Waals surface area contributed by atoms with Gasteiger partial charge >= 0.3 is 5.97 Å². The summed E-state index contributed by atoms with van der Waals surface area (Å²) in [4.78, 5) is 25.5. The van der Waals surface area contributed by atoms with Gasteiger partial charge in [-0.05, 0) is 32.1 Å². The summed E-state index contributed by atoms with van der Waals surface area (Å²) in [7, 11) is 1.79. The molecule has 4 nitrogen and oxygen atoms in total. The van der Waals surface area contributed by atoms with Gasteiger partial charge in [-0.15, -0.1) is 0 Å². The van der Waals surface area contributed by atoms with Crippen molar-refractivity contribution in [1.82, 2.24) is 4.90 Å². The number of amides is 1. The highest BCUT2D eigenvalue weighted by Gasteiger charge is 2.43. The van der Waals surface area contributed by atoms with E-state index in [1.54, 1.807) is 11.9 Å². The first-order valence-electron chi connectivity index (χ1n) is 7.27. The van der Waals surface area contributed by atoms with Crippen LogP contribution >= 0.6 is 0 Å². The molecule has 1 aliphatic carbocycles. The molecule has 0 aromatic carbocycles. The molecule has 1 rings (SSSR count). The standard InChI is InChI=1S/C15H27NO3/c1-11(2)9-12(3)16(4)13(17)10-15(14(18)19)7-5-6-8-15/h11-12H,5-10H2,1-4H3,(H,18,19). The van der Waals surface area contributed by atoms with Gasteiger partial charge in [0.1, 0.15) is 0 Å². The van der Waals surface area contributed by atoms with Crippen molar-refractivity contribution in [1.29, 1.82) is 0 Å². The van der Waals surface area contributed by atoms with Crippen molar-refractivity contribution in [2.24, 2.45) is 11.3 Å². The summed E-state index contributed by atoms with van der Waals surface area (Å²) in [6.45, 7) is 6.29. The Hall–Kier alpha value is -1.06. The molecule has 0 bridgehead atoms. The Labute approximate surface area is 116 Å². The van der Waals surface area contributed by atoms with Crippen LogP contribution in [0.25, 0.3) is 0 Å². The van der Waals surface area contributed by atoms with E-state index >= 15 is 0 Å². The van der Waals surface area contributed by atoms with E-state index in [-0.39, 0.29) is 18.4 Å². The maximum atomic E-state index is 12.3. The molecule has 1 aliphatic rings. The van der Waals surface area contributed by atoms with E-state index < -0.39 is 11.4 Å². The van der Waals surface area contributed by atoms with E-state index in [4.69, 9.17) is 0 Å². The lowest BCUT2D eigenvalue weighted by atomic mass is 9.82. The molecule has 1 N–H and O–H groups in total. The third-order valence-electron chi connectivity index (χ3n) is 4.37. The van der Waals surface area contributed by atoms with Crippen molar-refractivity contribution in [3.05, 3.63) is 0 Å². The number of nitrogens with zero attached hydrogens (tertiary/aromatic N) is 1. The molecule has 0 heterocycles. The Morgan fingerprint density at radius 2 is 1.74 bits per heavy atom. The van der Waals surface area contributed by atoms with Crippen LogP contribution in [0.15, 0.2) is 0 Å². The molecule has 1 amide bonds. The predicted octanol–water partition coefficient (Wildman–Crippen LogP) is 2.91. The smallest absolute Gasteiger partial charge is 0.310 e. The van der Waals surface area contributed by atoms with E-state index in [0.29, 0.717) is 18.8 Å². The molecule has 4 heteroatoms. The second kappa shape index (κ2) is 6.40. The lowest BCUT2D eigenvalue weighted by Crippen LogP contribution is -2.41. The molecule has 0 aliphatic heterocycles. The summed E-state index contributed by atoms with van der Waals surface area (Å²) in [6, 6.07) is 0.166. The SMILES string of the molecule is CC(C)CC(C)N(C)C(=O)CC1(C(=O)O)CCCC1. The van der Waals surface area contributed by atoms with Gasteiger partial charge in [0.15, 0.2) is 0 Å². The van der Waals surface area contributed by atoms with Gasteiger partial charge in [0, 0.05) is 19.5 Å². The summed E-state index contributed by atoms with van der Waals surface area (Å²) in [5.74, 6) is -0.300. The van der Waals surface area contributed by atoms with Gasteiger partial charge in [0.2, 0.25) is 5.91 Å². The third-order valence-corrected chi connectivity index (χ3v) is 4.37. The lowest BCUT2D eigenvalue weighted by molar-refractivity contribution is -0.153. The van der Waals surface area contributed by atoms with Gasteiger partial charge in [-0.25, -0.2) is 0 Å². The summed E-state index contributed by atoms with van der Waals surface area (Å²) in [5, 5.41) is 9.41. The minimum atomic E-state index is -0.803. The zero-order chi connectivity index (χ0) is 14.6. The summed E-state index contributed by atoms with van der Waals surface area (Å²) in [6.07, 6.45) is 4.22. The van der Waals surface area contributed by atoms with Crippen LogP contribution in [0.4, 0.5) is 0 Å². The first-order valence-corrected chi connectivity index (χ1v) is 7.27. The van der Waals surface area contributed by atoms with Crippen LogP contribution in [0.5, 0.6) is 0 Å². The number of carbonyl (C=O) groups is 2. The van der Waals surface area contributed by atoms with Gasteiger partial charge in [0.25, 0.3) is 0 Å². The van der Waals surface area contributed by atoms with Crippen LogP contribution in [0.3, 0.4) is 0 Å². The minimum absolute atomic E-state index is 0.0301. The van der Waals surface area contributed by atoms with Crippen molar-refractivity contribution in [3.8, 4) is 0 Å². The van der Waals surface area contributed by atoms with Crippen LogP contribution in [0, 0.1) is 11.3 Å². The average molecular weight is 269 g/mol. The highest BCUT2D eigenvalue weighted by Crippen LogP contribution is 2.41. The molecule has 0 aromatic heterocycles. The first-order chi connectivity index (χ1) is 8.78. The Morgan fingerprint density at radius 1 is 1.21 bits per heavy atom. The Kier molecular flexibility index (Phi) is 5.39. The van der Waals surface area contributed by atoms with Crippen LogP contribution in [0.2, 0.25) is 0 Å². The molecule has 0 saturated heterocycles. The molecule has 1 saturated carbocycles. The Morgan fingerprint density at radius 3 is 2.16 bits per heavy atom. The Bertz CT molecular complexity index is 332. The van der Waals surface area contributed by atoms with Crippen molar-refractivity contribution in [3.63, 3.8) is 0 Å². The van der Waals surface area contributed by atoms with E-state index in [2.05, 4.69) is 13.8 Å². The Balaban J connectivity index is 2.64. The zero-order valence-electron chi connectivity index (χ0n) is 12.6. The van der Waals surface area contributed by atoms with Gasteiger partial charge in [-0.2, -0.15) is 0 Å². The van der Waals surface area contributed by atoms with E-state index in [1.165, 1.54) is 0 Å². The highest BCUT2D eigenvalue weighted by molar-refractivity contribution is 5.85. The molecule has 110 valence electrons. The quantitative estimate of drug-likeness (QED) is 0.806. The predicted molar refractivity (Wildman–Crippen MR) is 74.8 cm³/mol. The number of hydrogen-bond acceptors (Lipinski definition) is 2. The molecule has 0 spiro atoms. The van der Waals surface area contributed by atoms with Crippen molar-refractivity contribution < 1.29 is 14.7 Å². The number of rotatable bonds is 6. The average Bonchev–Trinajstić information content (AvgIpc) is 2.76. The van der Waals surface area contributed by atoms with Crippen molar-refractivity contribution in [2.45, 2.75) is 65.3 Å². The van der Waals surface area contributed by atoms with Crippen LogP contribution in [-0.2, 0) is 9.59 Å². The number of aliphatic carboxylic acids is 1. The van der Waals surface area contributed by atoms with Crippen LogP contribution in [0.1, 0.15) is 59.3 Å². The molecular formula is C15H27NO3. The molecule has 0 aromatic rings. The van der Waals surface area contributed by atoms with Crippen molar-refractivity contribution in [2.75, 3.05) is 7.05 Å². The topological polar surface area (TPSA) is 57.6 Å². The summed E-state index contributed by atoms with van der Waals surface area (Å²) >= 11 is 0. The summed E-state index contributed by atoms with van der Waals surface area (Å²) < 4.78 is 0. The van der Waals surface area contributed by atoms with E-state index in [1.807, 2.05) is 6.92 Å². The highest BCUT2D eigenvalue weighted by atomic mass is 16.4. The number of carboxylic acids is 1. The fourth-order valence-corrected chi connectivity index (χ4v) is 3.02. The molecule has 0 radical (unpaired) electrons. The third kappa shape index (κ3) is 3.95. The fraction of sp³-hybridized carbons (Fsp3) is 0.867. The first kappa shape index (κ1) is 16.0. The van der Waals surface area contributed by atoms with Gasteiger partial charge in [-0.3, -0.25) is 9.59 Å².